The molecule has 9 rings (SSSR count). The smallest absolute Gasteiger partial charge is 0.126 e. The lowest BCUT2D eigenvalue weighted by atomic mass is 10.1. The summed E-state index contributed by atoms with van der Waals surface area (Å²) in [6.07, 6.45) is 0.617. The first-order valence-corrected chi connectivity index (χ1v) is 17.2. The molecule has 0 saturated carbocycles. The Bertz CT molecular complexity index is 2750. The Hall–Kier alpha value is -6.04. The molecule has 234 valence electrons. The molecule has 0 aliphatic rings. The summed E-state index contributed by atoms with van der Waals surface area (Å²) in [7, 11) is 0. The number of rotatable bonds is 6. The van der Waals surface area contributed by atoms with Crippen LogP contribution < -0.4 is 5.73 Å². The van der Waals surface area contributed by atoms with Crippen molar-refractivity contribution in [3.8, 4) is 5.69 Å². The lowest BCUT2D eigenvalue weighted by Gasteiger charge is -2.14. The fourth-order valence-corrected chi connectivity index (χ4v) is 7.95. The van der Waals surface area contributed by atoms with Crippen LogP contribution in [-0.4, -0.2) is 15.0 Å². The summed E-state index contributed by atoms with van der Waals surface area (Å²) in [6.45, 7) is 4.03. The minimum atomic E-state index is 0.530. The maximum atomic E-state index is 6.22. The van der Waals surface area contributed by atoms with E-state index in [1.54, 1.807) is 0 Å². The normalized spacial score (nSPS) is 12.1. The van der Waals surface area contributed by atoms with Crippen LogP contribution in [-0.2, 0) is 6.42 Å². The SMILES string of the molecule is C=C(N)c1ccccc1S/N=C(\Cc1ccc2c3ccccc3n(-c3ccccc3)c2c1)n1c2ccccc2c2cc3ccccc3cc21. The maximum Gasteiger partial charge on any atom is 0.126 e. The van der Waals surface area contributed by atoms with Crippen molar-refractivity contribution in [2.24, 2.45) is 10.1 Å². The highest BCUT2D eigenvalue weighted by atomic mass is 32.2. The minimum absolute atomic E-state index is 0.530. The van der Waals surface area contributed by atoms with Crippen LogP contribution in [0.2, 0.25) is 0 Å². The van der Waals surface area contributed by atoms with E-state index < -0.39 is 0 Å². The highest BCUT2D eigenvalue weighted by Crippen LogP contribution is 2.36. The molecule has 5 heteroatoms. The van der Waals surface area contributed by atoms with Crippen LogP contribution in [0.25, 0.3) is 65.8 Å². The second kappa shape index (κ2) is 11.9. The number of fused-ring (bicyclic) bond motifs is 7. The molecule has 0 fully saturated rings. The fraction of sp³-hybridized carbons (Fsp3) is 0.0227. The Labute approximate surface area is 288 Å². The van der Waals surface area contributed by atoms with Crippen molar-refractivity contribution in [2.75, 3.05) is 0 Å². The third-order valence-corrected chi connectivity index (χ3v) is 10.3. The Morgan fingerprint density at radius 3 is 2.00 bits per heavy atom. The molecule has 7 aromatic carbocycles. The van der Waals surface area contributed by atoms with Crippen LogP contribution in [0.15, 0.2) is 174 Å². The van der Waals surface area contributed by atoms with E-state index in [-0.39, 0.29) is 0 Å². The topological polar surface area (TPSA) is 48.2 Å². The molecular formula is C44H32N4S. The summed E-state index contributed by atoms with van der Waals surface area (Å²) in [5.74, 6) is 0.936. The van der Waals surface area contributed by atoms with Crippen LogP contribution in [0.4, 0.5) is 0 Å². The lowest BCUT2D eigenvalue weighted by Crippen LogP contribution is -2.14. The van der Waals surface area contributed by atoms with Crippen LogP contribution in [0.5, 0.6) is 0 Å². The number of nitrogens with zero attached hydrogens (tertiary/aromatic N) is 3. The van der Waals surface area contributed by atoms with Gasteiger partial charge >= 0.3 is 0 Å². The van der Waals surface area contributed by atoms with E-state index in [0.717, 1.165) is 33.0 Å². The molecule has 0 saturated heterocycles. The van der Waals surface area contributed by atoms with E-state index >= 15 is 0 Å². The quantitative estimate of drug-likeness (QED) is 0.111. The van der Waals surface area contributed by atoms with Gasteiger partial charge in [0.2, 0.25) is 0 Å². The van der Waals surface area contributed by atoms with E-state index in [2.05, 4.69) is 155 Å². The number of nitrogens with two attached hydrogens (primary N) is 1. The van der Waals surface area contributed by atoms with Gasteiger partial charge in [0.25, 0.3) is 0 Å². The van der Waals surface area contributed by atoms with Crippen molar-refractivity contribution in [3.63, 3.8) is 0 Å². The molecule has 0 spiro atoms. The van der Waals surface area contributed by atoms with E-state index in [1.165, 1.54) is 60.9 Å². The number of hydrogen-bond donors (Lipinski definition) is 1. The van der Waals surface area contributed by atoms with Crippen LogP contribution >= 0.6 is 11.9 Å². The predicted octanol–water partition coefficient (Wildman–Crippen LogP) is 11.2. The molecule has 2 heterocycles. The molecule has 0 bridgehead atoms. The highest BCUT2D eigenvalue weighted by Gasteiger charge is 2.19. The van der Waals surface area contributed by atoms with E-state index in [0.29, 0.717) is 12.1 Å². The zero-order chi connectivity index (χ0) is 32.9. The molecule has 49 heavy (non-hydrogen) atoms. The summed E-state index contributed by atoms with van der Waals surface area (Å²) in [5.41, 5.74) is 14.6. The Balaban J connectivity index is 1.27. The second-order valence-corrected chi connectivity index (χ2v) is 13.2. The van der Waals surface area contributed by atoms with Crippen LogP contribution in [0.1, 0.15) is 11.1 Å². The van der Waals surface area contributed by atoms with Gasteiger partial charge in [-0.1, -0.05) is 116 Å². The first kappa shape index (κ1) is 29.1. The highest BCUT2D eigenvalue weighted by molar-refractivity contribution is 7.98. The zero-order valence-corrected chi connectivity index (χ0v) is 27.6. The molecule has 4 nitrogen and oxygen atoms in total. The predicted molar refractivity (Wildman–Crippen MR) is 210 cm³/mol. The Kier molecular flexibility index (Phi) is 7.06. The van der Waals surface area contributed by atoms with E-state index in [9.17, 15) is 0 Å². The molecule has 0 unspecified atom stereocenters. The van der Waals surface area contributed by atoms with Crippen molar-refractivity contribution >= 4 is 77.9 Å². The molecule has 0 amide bonds. The standard InChI is InChI=1S/C44H32N4S/c1-29(45)34-17-9-12-22-43(34)49-46-44(48-40-21-11-8-19-36(40)38-27-31-13-5-6-14-32(31)28-42(38)48)26-30-23-24-37-35-18-7-10-20-39(35)47(41(37)25-30)33-15-3-2-4-16-33/h2-25,27-28H,1,26,45H2/b46-44+. The third-order valence-electron chi connectivity index (χ3n) is 9.40. The van der Waals surface area contributed by atoms with Gasteiger partial charge in [-0.3, -0.25) is 4.57 Å². The third kappa shape index (κ3) is 4.98. The van der Waals surface area contributed by atoms with Crippen molar-refractivity contribution in [3.05, 3.63) is 175 Å². The van der Waals surface area contributed by atoms with Gasteiger partial charge in [-0.05, 0) is 64.9 Å². The number of para-hydroxylation sites is 3. The first-order valence-electron chi connectivity index (χ1n) is 16.4. The van der Waals surface area contributed by atoms with Gasteiger partial charge in [0, 0.05) is 61.8 Å². The number of aromatic nitrogens is 2. The average molecular weight is 649 g/mol. The van der Waals surface area contributed by atoms with Crippen molar-refractivity contribution in [1.82, 2.24) is 9.13 Å². The van der Waals surface area contributed by atoms with E-state index in [4.69, 9.17) is 10.1 Å². The van der Waals surface area contributed by atoms with Gasteiger partial charge in [-0.15, -0.1) is 0 Å². The van der Waals surface area contributed by atoms with Gasteiger partial charge in [0.05, 0.1) is 22.1 Å². The van der Waals surface area contributed by atoms with Crippen molar-refractivity contribution in [2.45, 2.75) is 11.3 Å². The van der Waals surface area contributed by atoms with Crippen molar-refractivity contribution in [1.29, 1.82) is 0 Å². The molecule has 9 aromatic rings. The zero-order valence-electron chi connectivity index (χ0n) is 26.8. The summed E-state index contributed by atoms with van der Waals surface area (Å²) in [6, 6.07) is 56.0. The van der Waals surface area contributed by atoms with Gasteiger partial charge in [0.1, 0.15) is 5.84 Å². The van der Waals surface area contributed by atoms with Gasteiger partial charge < -0.3 is 10.3 Å². The summed E-state index contributed by atoms with van der Waals surface area (Å²) >= 11 is 1.45. The fourth-order valence-electron chi connectivity index (χ4n) is 7.16. The van der Waals surface area contributed by atoms with Gasteiger partial charge in [-0.25, -0.2) is 0 Å². The molecule has 0 atom stereocenters. The van der Waals surface area contributed by atoms with Gasteiger partial charge in [-0.2, -0.15) is 4.40 Å². The second-order valence-electron chi connectivity index (χ2n) is 12.4. The molecular weight excluding hydrogens is 617 g/mol. The molecule has 0 radical (unpaired) electrons. The minimum Gasteiger partial charge on any atom is -0.399 e. The number of benzene rings is 7. The summed E-state index contributed by atoms with van der Waals surface area (Å²) < 4.78 is 10.1. The molecule has 2 N–H and O–H groups in total. The average Bonchev–Trinajstić information content (AvgIpc) is 3.64. The summed E-state index contributed by atoms with van der Waals surface area (Å²) in [4.78, 5) is 0.971. The van der Waals surface area contributed by atoms with Gasteiger partial charge in [0.15, 0.2) is 0 Å². The monoisotopic (exact) mass is 648 g/mol. The molecule has 0 aliphatic heterocycles. The van der Waals surface area contributed by atoms with Crippen LogP contribution in [0.3, 0.4) is 0 Å². The maximum absolute atomic E-state index is 6.22. The number of hydrogen-bond acceptors (Lipinski definition) is 3. The van der Waals surface area contributed by atoms with E-state index in [1.807, 2.05) is 18.2 Å². The Morgan fingerprint density at radius 1 is 0.571 bits per heavy atom. The largest absolute Gasteiger partial charge is 0.399 e. The molecule has 2 aromatic heterocycles. The first-order chi connectivity index (χ1) is 24.1. The lowest BCUT2D eigenvalue weighted by molar-refractivity contribution is 1.15. The van der Waals surface area contributed by atoms with Crippen LogP contribution in [0, 0.1) is 0 Å². The Morgan fingerprint density at radius 2 is 1.20 bits per heavy atom. The molecule has 0 aliphatic carbocycles. The summed E-state index contributed by atoms with van der Waals surface area (Å²) in [5, 5.41) is 7.31. The van der Waals surface area contributed by atoms with Crippen molar-refractivity contribution < 1.29 is 0 Å².